The van der Waals surface area contributed by atoms with Gasteiger partial charge in [0.2, 0.25) is 16.0 Å². The molecule has 28 heavy (non-hydrogen) atoms. The van der Waals surface area contributed by atoms with Crippen molar-refractivity contribution >= 4 is 38.9 Å². The molecule has 3 rings (SSSR count). The van der Waals surface area contributed by atoms with Gasteiger partial charge in [0.05, 0.1) is 9.82 Å². The van der Waals surface area contributed by atoms with E-state index >= 15 is 0 Å². The van der Waals surface area contributed by atoms with Gasteiger partial charge in [-0.3, -0.25) is 10.1 Å². The Labute approximate surface area is 160 Å². The number of hydrogen-bond donors (Lipinski definition) is 2. The maximum atomic E-state index is 11.5. The topological polar surface area (TPSA) is 144 Å². The van der Waals surface area contributed by atoms with Crippen molar-refractivity contribution < 1.29 is 13.3 Å². The molecule has 0 bridgehead atoms. The first kappa shape index (κ1) is 19.2. The monoisotopic (exact) mass is 400 g/mol. The van der Waals surface area contributed by atoms with E-state index in [2.05, 4.69) is 15.3 Å². The highest BCUT2D eigenvalue weighted by molar-refractivity contribution is 7.89. The Morgan fingerprint density at radius 2 is 1.89 bits per heavy atom. The zero-order valence-electron chi connectivity index (χ0n) is 14.7. The second kappa shape index (κ2) is 7.58. The van der Waals surface area contributed by atoms with Crippen molar-refractivity contribution in [2.75, 3.05) is 17.3 Å². The van der Waals surface area contributed by atoms with Gasteiger partial charge in [0.25, 0.3) is 5.69 Å². The summed E-state index contributed by atoms with van der Waals surface area (Å²) in [6.07, 6.45) is 1.52. The van der Waals surface area contributed by atoms with Crippen LogP contribution in [0.5, 0.6) is 0 Å². The number of rotatable bonds is 6. The lowest BCUT2D eigenvalue weighted by Gasteiger charge is -2.18. The lowest BCUT2D eigenvalue weighted by Crippen LogP contribution is -2.13. The number of sulfonamides is 1. The molecule has 3 aromatic rings. The highest BCUT2D eigenvalue weighted by Crippen LogP contribution is 2.26. The molecule has 0 aliphatic rings. The number of nitrogens with one attached hydrogen (secondary N) is 1. The first-order valence-corrected chi connectivity index (χ1v) is 9.50. The van der Waals surface area contributed by atoms with E-state index in [0.717, 1.165) is 0 Å². The molecule has 10 nitrogen and oxygen atoms in total. The third-order valence-electron chi connectivity index (χ3n) is 3.83. The molecule has 1 heterocycles. The van der Waals surface area contributed by atoms with Gasteiger partial charge in [-0.2, -0.15) is 4.98 Å². The highest BCUT2D eigenvalue weighted by Gasteiger charge is 2.12. The first-order chi connectivity index (χ1) is 13.2. The van der Waals surface area contributed by atoms with Crippen LogP contribution in [0.15, 0.2) is 65.7 Å². The van der Waals surface area contributed by atoms with Crippen LogP contribution in [0.25, 0.3) is 0 Å². The molecule has 0 radical (unpaired) electrons. The largest absolute Gasteiger partial charge is 0.329 e. The summed E-state index contributed by atoms with van der Waals surface area (Å²) in [6.45, 7) is 0. The van der Waals surface area contributed by atoms with Crippen LogP contribution in [0.2, 0.25) is 0 Å². The normalized spacial score (nSPS) is 11.1. The summed E-state index contributed by atoms with van der Waals surface area (Å²) in [4.78, 5) is 20.6. The van der Waals surface area contributed by atoms with Gasteiger partial charge in [0.1, 0.15) is 5.82 Å². The molecule has 0 saturated carbocycles. The molecule has 3 N–H and O–H groups in total. The number of primary sulfonamides is 1. The Bertz CT molecular complexity index is 1140. The van der Waals surface area contributed by atoms with Crippen molar-refractivity contribution in [3.63, 3.8) is 0 Å². The average Bonchev–Trinajstić information content (AvgIpc) is 2.67. The average molecular weight is 400 g/mol. The quantitative estimate of drug-likeness (QED) is 0.474. The Morgan fingerprint density at radius 3 is 2.61 bits per heavy atom. The summed E-state index contributed by atoms with van der Waals surface area (Å²) in [5, 5.41) is 19.0. The molecular weight excluding hydrogens is 384 g/mol. The summed E-state index contributed by atoms with van der Waals surface area (Å²) in [7, 11) is -2.12. The number of hydrogen-bond acceptors (Lipinski definition) is 8. The minimum absolute atomic E-state index is 0.0310. The van der Waals surface area contributed by atoms with E-state index in [1.807, 2.05) is 0 Å². The standard InChI is InChI=1S/C17H16N6O4S/c1-22(13-5-3-6-14(11-13)23(24)25)16-8-9-19-17(21-16)20-12-4-2-7-15(10-12)28(18,26)27/h2-11H,1H3,(H2,18,26,27)(H,19,20,21). The lowest BCUT2D eigenvalue weighted by atomic mass is 10.2. The number of anilines is 4. The molecule has 0 spiro atoms. The van der Waals surface area contributed by atoms with E-state index < -0.39 is 14.9 Å². The predicted octanol–water partition coefficient (Wildman–Crippen LogP) is 2.54. The number of nitro groups is 1. The number of nitrogens with zero attached hydrogens (tertiary/aromatic N) is 4. The maximum Gasteiger partial charge on any atom is 0.271 e. The van der Waals surface area contributed by atoms with E-state index in [4.69, 9.17) is 5.14 Å². The van der Waals surface area contributed by atoms with Crippen molar-refractivity contribution in [1.29, 1.82) is 0 Å². The zero-order chi connectivity index (χ0) is 20.3. The maximum absolute atomic E-state index is 11.5. The fourth-order valence-corrected chi connectivity index (χ4v) is 2.98. The van der Waals surface area contributed by atoms with Crippen LogP contribution >= 0.6 is 0 Å². The molecule has 0 saturated heterocycles. The fourth-order valence-electron chi connectivity index (χ4n) is 2.42. The van der Waals surface area contributed by atoms with Gasteiger partial charge < -0.3 is 10.2 Å². The van der Waals surface area contributed by atoms with Crippen LogP contribution < -0.4 is 15.4 Å². The van der Waals surface area contributed by atoms with E-state index in [9.17, 15) is 18.5 Å². The van der Waals surface area contributed by atoms with Gasteiger partial charge in [0.15, 0.2) is 0 Å². The second-order valence-electron chi connectivity index (χ2n) is 5.77. The molecule has 0 atom stereocenters. The first-order valence-electron chi connectivity index (χ1n) is 7.95. The number of benzene rings is 2. The molecule has 144 valence electrons. The van der Waals surface area contributed by atoms with Gasteiger partial charge in [-0.05, 0) is 30.3 Å². The number of nitro benzene ring substituents is 1. The minimum Gasteiger partial charge on any atom is -0.329 e. The summed E-state index contributed by atoms with van der Waals surface area (Å²) in [5.74, 6) is 0.710. The molecule has 0 amide bonds. The van der Waals surface area contributed by atoms with E-state index in [0.29, 0.717) is 17.2 Å². The van der Waals surface area contributed by atoms with Crippen molar-refractivity contribution in [2.45, 2.75) is 4.90 Å². The summed E-state index contributed by atoms with van der Waals surface area (Å²) in [5.41, 5.74) is 0.994. The zero-order valence-corrected chi connectivity index (χ0v) is 15.5. The Hall–Kier alpha value is -3.57. The third-order valence-corrected chi connectivity index (χ3v) is 4.74. The third kappa shape index (κ3) is 4.39. The number of aromatic nitrogens is 2. The SMILES string of the molecule is CN(c1cccc([N+](=O)[O-])c1)c1ccnc(Nc2cccc(S(N)(=O)=O)c2)n1. The molecule has 0 aliphatic heterocycles. The molecule has 11 heteroatoms. The smallest absolute Gasteiger partial charge is 0.271 e. The van der Waals surface area contributed by atoms with Crippen molar-refractivity contribution in [3.05, 3.63) is 70.9 Å². The lowest BCUT2D eigenvalue weighted by molar-refractivity contribution is -0.384. The predicted molar refractivity (Wildman–Crippen MR) is 104 cm³/mol. The van der Waals surface area contributed by atoms with Gasteiger partial charge in [-0.25, -0.2) is 18.5 Å². The number of non-ortho nitro benzene ring substituents is 1. The van der Waals surface area contributed by atoms with Gasteiger partial charge >= 0.3 is 0 Å². The van der Waals surface area contributed by atoms with Gasteiger partial charge in [-0.15, -0.1) is 0 Å². The van der Waals surface area contributed by atoms with Crippen molar-refractivity contribution in [1.82, 2.24) is 9.97 Å². The van der Waals surface area contributed by atoms with E-state index in [-0.39, 0.29) is 16.5 Å². The fraction of sp³-hybridized carbons (Fsp3) is 0.0588. The van der Waals surface area contributed by atoms with Crippen LogP contribution in [0, 0.1) is 10.1 Å². The van der Waals surface area contributed by atoms with E-state index in [1.54, 1.807) is 42.3 Å². The molecule has 0 unspecified atom stereocenters. The Morgan fingerprint density at radius 1 is 1.14 bits per heavy atom. The van der Waals surface area contributed by atoms with Gasteiger partial charge in [0, 0.05) is 36.8 Å². The molecule has 2 aromatic carbocycles. The summed E-state index contributed by atoms with van der Waals surface area (Å²) >= 11 is 0. The second-order valence-corrected chi connectivity index (χ2v) is 7.33. The van der Waals surface area contributed by atoms with Crippen LogP contribution in [-0.4, -0.2) is 30.4 Å². The van der Waals surface area contributed by atoms with Crippen LogP contribution in [0.4, 0.5) is 28.8 Å². The van der Waals surface area contributed by atoms with Crippen LogP contribution in [0.3, 0.4) is 0 Å². The molecule has 0 aliphatic carbocycles. The van der Waals surface area contributed by atoms with Crippen LogP contribution in [0.1, 0.15) is 0 Å². The molecule has 0 fully saturated rings. The molecule has 1 aromatic heterocycles. The minimum atomic E-state index is -3.83. The Kier molecular flexibility index (Phi) is 5.20. The van der Waals surface area contributed by atoms with Gasteiger partial charge in [-0.1, -0.05) is 12.1 Å². The van der Waals surface area contributed by atoms with E-state index in [1.165, 1.54) is 30.5 Å². The summed E-state index contributed by atoms with van der Waals surface area (Å²) < 4.78 is 23.0. The Balaban J connectivity index is 1.87. The summed E-state index contributed by atoms with van der Waals surface area (Å²) in [6, 6.07) is 13.7. The number of nitrogens with two attached hydrogens (primary N) is 1. The highest BCUT2D eigenvalue weighted by atomic mass is 32.2. The van der Waals surface area contributed by atoms with Crippen molar-refractivity contribution in [2.24, 2.45) is 5.14 Å². The van der Waals surface area contributed by atoms with Crippen LogP contribution in [-0.2, 0) is 10.0 Å². The van der Waals surface area contributed by atoms with Crippen molar-refractivity contribution in [3.8, 4) is 0 Å². The molecular formula is C17H16N6O4S.